The maximum atomic E-state index is 11.6. The molecule has 1 aromatic rings. The second kappa shape index (κ2) is 7.30. The van der Waals surface area contributed by atoms with Crippen LogP contribution in [-0.2, 0) is 17.8 Å². The molecule has 0 saturated carbocycles. The molecule has 17 heavy (non-hydrogen) atoms. The van der Waals surface area contributed by atoms with Crippen LogP contribution in [0.1, 0.15) is 25.0 Å². The van der Waals surface area contributed by atoms with Gasteiger partial charge in [-0.25, -0.2) is 0 Å². The van der Waals surface area contributed by atoms with E-state index in [1.807, 2.05) is 0 Å². The number of nitrogens with zero attached hydrogens (tertiary/aromatic N) is 1. The van der Waals surface area contributed by atoms with Crippen molar-refractivity contribution in [1.82, 2.24) is 4.90 Å². The molecule has 1 rings (SSSR count). The van der Waals surface area contributed by atoms with E-state index in [0.717, 1.165) is 12.0 Å². The second-order valence-corrected chi connectivity index (χ2v) is 4.15. The molecule has 0 saturated heterocycles. The van der Waals surface area contributed by atoms with Crippen molar-refractivity contribution in [2.75, 3.05) is 7.05 Å². The SMILES string of the molecule is CCc1ccc(CN(C)C(=O)C(C)N)cc1.Cl. The Morgan fingerprint density at radius 2 is 1.76 bits per heavy atom. The number of carbonyl (C=O) groups excluding carboxylic acids is 1. The third kappa shape index (κ3) is 4.75. The molecular weight excluding hydrogens is 236 g/mol. The Morgan fingerprint density at radius 1 is 1.29 bits per heavy atom. The van der Waals surface area contributed by atoms with Crippen molar-refractivity contribution >= 4 is 18.3 Å². The second-order valence-electron chi connectivity index (χ2n) is 4.15. The molecule has 3 nitrogen and oxygen atoms in total. The van der Waals surface area contributed by atoms with Gasteiger partial charge in [0.15, 0.2) is 0 Å². The fourth-order valence-corrected chi connectivity index (χ4v) is 1.58. The highest BCUT2D eigenvalue weighted by molar-refractivity contribution is 5.85. The van der Waals surface area contributed by atoms with E-state index in [9.17, 15) is 4.79 Å². The number of aryl methyl sites for hydroxylation is 1. The lowest BCUT2D eigenvalue weighted by Crippen LogP contribution is -2.39. The summed E-state index contributed by atoms with van der Waals surface area (Å²) in [6, 6.07) is 7.88. The highest BCUT2D eigenvalue weighted by Crippen LogP contribution is 2.07. The minimum Gasteiger partial charge on any atom is -0.340 e. The number of nitrogens with two attached hydrogens (primary N) is 1. The largest absolute Gasteiger partial charge is 0.340 e. The van der Waals surface area contributed by atoms with E-state index >= 15 is 0 Å². The molecule has 1 aromatic carbocycles. The van der Waals surface area contributed by atoms with Crippen molar-refractivity contribution in [1.29, 1.82) is 0 Å². The van der Waals surface area contributed by atoms with Crippen molar-refractivity contribution in [2.24, 2.45) is 5.73 Å². The quantitative estimate of drug-likeness (QED) is 0.896. The Morgan fingerprint density at radius 3 is 2.18 bits per heavy atom. The Bertz CT molecular complexity index is 349. The smallest absolute Gasteiger partial charge is 0.239 e. The van der Waals surface area contributed by atoms with Gasteiger partial charge in [0.2, 0.25) is 5.91 Å². The van der Waals surface area contributed by atoms with Gasteiger partial charge < -0.3 is 10.6 Å². The summed E-state index contributed by atoms with van der Waals surface area (Å²) >= 11 is 0. The topological polar surface area (TPSA) is 46.3 Å². The molecule has 0 spiro atoms. The zero-order chi connectivity index (χ0) is 12.1. The van der Waals surface area contributed by atoms with E-state index in [2.05, 4.69) is 31.2 Å². The van der Waals surface area contributed by atoms with Crippen LogP contribution < -0.4 is 5.73 Å². The Hall–Kier alpha value is -1.06. The van der Waals surface area contributed by atoms with Crippen LogP contribution in [0.15, 0.2) is 24.3 Å². The van der Waals surface area contributed by atoms with Gasteiger partial charge in [-0.3, -0.25) is 4.79 Å². The zero-order valence-corrected chi connectivity index (χ0v) is 11.5. The number of benzene rings is 1. The summed E-state index contributed by atoms with van der Waals surface area (Å²) in [6.07, 6.45) is 1.04. The molecular formula is C13H21ClN2O. The van der Waals surface area contributed by atoms with Gasteiger partial charge in [0.25, 0.3) is 0 Å². The normalized spacial score (nSPS) is 11.5. The van der Waals surface area contributed by atoms with Crippen LogP contribution in [0, 0.1) is 0 Å². The Balaban J connectivity index is 0.00000256. The summed E-state index contributed by atoms with van der Waals surface area (Å²) in [5, 5.41) is 0. The summed E-state index contributed by atoms with van der Waals surface area (Å²) in [6.45, 7) is 4.45. The van der Waals surface area contributed by atoms with Crippen molar-refractivity contribution in [3.63, 3.8) is 0 Å². The summed E-state index contributed by atoms with van der Waals surface area (Å²) in [5.74, 6) is -0.0282. The summed E-state index contributed by atoms with van der Waals surface area (Å²) in [4.78, 5) is 13.2. The van der Waals surface area contributed by atoms with Crippen LogP contribution in [0.4, 0.5) is 0 Å². The molecule has 96 valence electrons. The van der Waals surface area contributed by atoms with Gasteiger partial charge in [0.05, 0.1) is 6.04 Å². The van der Waals surface area contributed by atoms with Crippen molar-refractivity contribution < 1.29 is 4.79 Å². The summed E-state index contributed by atoms with van der Waals surface area (Å²) in [7, 11) is 1.78. The first-order chi connectivity index (χ1) is 7.54. The number of halogens is 1. The van der Waals surface area contributed by atoms with Crippen molar-refractivity contribution in [3.8, 4) is 0 Å². The number of carbonyl (C=O) groups is 1. The molecule has 0 aliphatic rings. The molecule has 0 aromatic heterocycles. The predicted molar refractivity (Wildman–Crippen MR) is 73.2 cm³/mol. The van der Waals surface area contributed by atoms with Crippen LogP contribution >= 0.6 is 12.4 Å². The minimum atomic E-state index is -0.431. The van der Waals surface area contributed by atoms with Gasteiger partial charge >= 0.3 is 0 Å². The van der Waals surface area contributed by atoms with Crippen LogP contribution in [0.25, 0.3) is 0 Å². The highest BCUT2D eigenvalue weighted by atomic mass is 35.5. The van der Waals surface area contributed by atoms with Crippen LogP contribution in [0.3, 0.4) is 0 Å². The van der Waals surface area contributed by atoms with Gasteiger partial charge in [-0.1, -0.05) is 31.2 Å². The van der Waals surface area contributed by atoms with E-state index in [1.165, 1.54) is 5.56 Å². The number of rotatable bonds is 4. The molecule has 0 aliphatic carbocycles. The van der Waals surface area contributed by atoms with Gasteiger partial charge in [0, 0.05) is 13.6 Å². The van der Waals surface area contributed by atoms with Crippen LogP contribution in [-0.4, -0.2) is 23.9 Å². The summed E-state index contributed by atoms with van der Waals surface area (Å²) in [5.41, 5.74) is 7.99. The average molecular weight is 257 g/mol. The molecule has 0 bridgehead atoms. The van der Waals surface area contributed by atoms with E-state index < -0.39 is 6.04 Å². The van der Waals surface area contributed by atoms with Crippen molar-refractivity contribution in [3.05, 3.63) is 35.4 Å². The molecule has 1 unspecified atom stereocenters. The van der Waals surface area contributed by atoms with Crippen LogP contribution in [0.2, 0.25) is 0 Å². The number of hydrogen-bond acceptors (Lipinski definition) is 2. The van der Waals surface area contributed by atoms with E-state index in [0.29, 0.717) is 6.54 Å². The van der Waals surface area contributed by atoms with Gasteiger partial charge in [0.1, 0.15) is 0 Å². The van der Waals surface area contributed by atoms with Crippen LogP contribution in [0.5, 0.6) is 0 Å². The standard InChI is InChI=1S/C13H20N2O.ClH/c1-4-11-5-7-12(8-6-11)9-15(3)13(16)10(2)14;/h5-8,10H,4,9,14H2,1-3H3;1H. The average Bonchev–Trinajstić information content (AvgIpc) is 2.28. The maximum absolute atomic E-state index is 11.6. The third-order valence-electron chi connectivity index (χ3n) is 2.62. The fraction of sp³-hybridized carbons (Fsp3) is 0.462. The van der Waals surface area contributed by atoms with Gasteiger partial charge in [-0.15, -0.1) is 12.4 Å². The van der Waals surface area contributed by atoms with Gasteiger partial charge in [-0.2, -0.15) is 0 Å². The molecule has 0 radical (unpaired) electrons. The zero-order valence-electron chi connectivity index (χ0n) is 10.6. The summed E-state index contributed by atoms with van der Waals surface area (Å²) < 4.78 is 0. The number of hydrogen-bond donors (Lipinski definition) is 1. The molecule has 0 heterocycles. The molecule has 1 amide bonds. The number of amides is 1. The maximum Gasteiger partial charge on any atom is 0.239 e. The molecule has 1 atom stereocenters. The molecule has 2 N–H and O–H groups in total. The lowest BCUT2D eigenvalue weighted by atomic mass is 10.1. The van der Waals surface area contributed by atoms with Gasteiger partial charge in [-0.05, 0) is 24.5 Å². The highest BCUT2D eigenvalue weighted by Gasteiger charge is 2.13. The minimum absolute atomic E-state index is 0. The molecule has 0 fully saturated rings. The fourth-order valence-electron chi connectivity index (χ4n) is 1.58. The predicted octanol–water partition coefficient (Wildman–Crippen LogP) is 1.98. The first-order valence-corrected chi connectivity index (χ1v) is 5.63. The van der Waals surface area contributed by atoms with Crippen molar-refractivity contribution in [2.45, 2.75) is 32.9 Å². The Kier molecular flexibility index (Phi) is 6.85. The molecule has 0 aliphatic heterocycles. The lowest BCUT2D eigenvalue weighted by Gasteiger charge is -2.19. The monoisotopic (exact) mass is 256 g/mol. The first-order valence-electron chi connectivity index (χ1n) is 5.63. The van der Waals surface area contributed by atoms with E-state index in [1.54, 1.807) is 18.9 Å². The molecule has 4 heteroatoms. The lowest BCUT2D eigenvalue weighted by molar-refractivity contribution is -0.131. The Labute approximate surface area is 109 Å². The van der Waals surface area contributed by atoms with E-state index in [4.69, 9.17) is 5.73 Å². The first kappa shape index (κ1) is 15.9. The van der Waals surface area contributed by atoms with E-state index in [-0.39, 0.29) is 18.3 Å². The number of likely N-dealkylation sites (N-methyl/N-ethyl adjacent to an activating group) is 1. The third-order valence-corrected chi connectivity index (χ3v) is 2.62.